The van der Waals surface area contributed by atoms with E-state index in [0.717, 1.165) is 18.2 Å². The van der Waals surface area contributed by atoms with Crippen molar-refractivity contribution in [2.24, 2.45) is 0 Å². The van der Waals surface area contributed by atoms with Crippen LogP contribution in [0.2, 0.25) is 0 Å². The Morgan fingerprint density at radius 3 is 2.54 bits per heavy atom. The van der Waals surface area contributed by atoms with Crippen LogP contribution in [0.5, 0.6) is 0 Å². The van der Waals surface area contributed by atoms with E-state index in [1.807, 2.05) is 0 Å². The summed E-state index contributed by atoms with van der Waals surface area (Å²) in [5.74, 6) is -3.85. The Labute approximate surface area is 73.8 Å². The van der Waals surface area contributed by atoms with Gasteiger partial charge in [0.15, 0.2) is 0 Å². The molecule has 0 unspecified atom stereocenters. The van der Waals surface area contributed by atoms with Gasteiger partial charge in [0.1, 0.15) is 5.82 Å². The second-order valence-electron chi connectivity index (χ2n) is 2.69. The average molecular weight is 190 g/mol. The van der Waals surface area contributed by atoms with E-state index in [4.69, 9.17) is 5.11 Å². The third-order valence-corrected chi connectivity index (χ3v) is 1.67. The monoisotopic (exact) mass is 190 g/mol. The van der Waals surface area contributed by atoms with Crippen LogP contribution in [0.4, 0.5) is 13.2 Å². The van der Waals surface area contributed by atoms with Gasteiger partial charge in [0.05, 0.1) is 0 Å². The lowest BCUT2D eigenvalue weighted by atomic mass is 10.1. The molecule has 72 valence electrons. The number of rotatable bonds is 3. The summed E-state index contributed by atoms with van der Waals surface area (Å²) in [6.07, 6.45) is -0.684. The van der Waals surface area contributed by atoms with E-state index in [9.17, 15) is 13.2 Å². The summed E-state index contributed by atoms with van der Waals surface area (Å²) in [5, 5.41) is 8.36. The summed E-state index contributed by atoms with van der Waals surface area (Å²) in [6.45, 7) is -0.622. The van der Waals surface area contributed by atoms with E-state index >= 15 is 0 Å². The van der Waals surface area contributed by atoms with Crippen molar-refractivity contribution in [3.8, 4) is 0 Å². The second kappa shape index (κ2) is 3.79. The van der Waals surface area contributed by atoms with Crippen LogP contribution in [0.15, 0.2) is 24.3 Å². The fraction of sp³-hybridized carbons (Fsp3) is 0.333. The first-order valence-electron chi connectivity index (χ1n) is 3.81. The Bertz CT molecular complexity index is 286. The zero-order valence-corrected chi connectivity index (χ0v) is 6.80. The molecule has 0 bridgehead atoms. The van der Waals surface area contributed by atoms with Gasteiger partial charge >= 0.3 is 0 Å². The summed E-state index contributed by atoms with van der Waals surface area (Å²) in [6, 6.07) is 4.23. The van der Waals surface area contributed by atoms with Gasteiger partial charge in [0, 0.05) is 18.6 Å². The Hall–Kier alpha value is -1.03. The minimum absolute atomic E-state index is 0.401. The summed E-state index contributed by atoms with van der Waals surface area (Å²) in [4.78, 5) is 0. The lowest BCUT2D eigenvalue weighted by Gasteiger charge is -2.14. The third kappa shape index (κ3) is 2.45. The van der Waals surface area contributed by atoms with Crippen LogP contribution in [0.1, 0.15) is 12.0 Å². The van der Waals surface area contributed by atoms with E-state index in [1.165, 1.54) is 6.07 Å². The first-order valence-corrected chi connectivity index (χ1v) is 3.81. The third-order valence-electron chi connectivity index (χ3n) is 1.67. The molecule has 0 amide bonds. The second-order valence-corrected chi connectivity index (χ2v) is 2.69. The fourth-order valence-electron chi connectivity index (χ4n) is 1.00. The topological polar surface area (TPSA) is 20.2 Å². The van der Waals surface area contributed by atoms with Gasteiger partial charge in [-0.2, -0.15) is 0 Å². The summed E-state index contributed by atoms with van der Waals surface area (Å²) in [5.41, 5.74) is -0.401. The molecule has 0 saturated carbocycles. The molecule has 0 atom stereocenters. The highest BCUT2D eigenvalue weighted by Gasteiger charge is 2.30. The summed E-state index contributed by atoms with van der Waals surface area (Å²) < 4.78 is 38.6. The predicted molar refractivity (Wildman–Crippen MR) is 42.0 cm³/mol. The molecule has 0 aromatic heterocycles. The number of aliphatic hydroxyl groups is 1. The minimum atomic E-state index is -3.16. The number of hydrogen-bond acceptors (Lipinski definition) is 1. The van der Waals surface area contributed by atoms with Gasteiger partial charge in [-0.15, -0.1) is 0 Å². The van der Waals surface area contributed by atoms with Gasteiger partial charge in [-0.3, -0.25) is 0 Å². The molecule has 1 aromatic carbocycles. The van der Waals surface area contributed by atoms with Crippen LogP contribution in [-0.4, -0.2) is 11.7 Å². The molecular weight excluding hydrogens is 181 g/mol. The van der Waals surface area contributed by atoms with Gasteiger partial charge in [0.25, 0.3) is 5.92 Å². The van der Waals surface area contributed by atoms with Crippen LogP contribution in [0.3, 0.4) is 0 Å². The van der Waals surface area contributed by atoms with Crippen LogP contribution < -0.4 is 0 Å². The maximum absolute atomic E-state index is 13.0. The van der Waals surface area contributed by atoms with E-state index in [-0.39, 0.29) is 0 Å². The number of alkyl halides is 2. The van der Waals surface area contributed by atoms with Crippen LogP contribution in [0.25, 0.3) is 0 Å². The fourth-order valence-corrected chi connectivity index (χ4v) is 1.00. The standard InChI is InChI=1S/C9H9F3O/c10-8-3-1-2-7(6-8)9(11,12)4-5-13/h1-3,6,13H,4-5H2. The smallest absolute Gasteiger partial charge is 0.275 e. The normalized spacial score (nSPS) is 11.7. The molecule has 0 spiro atoms. The van der Waals surface area contributed by atoms with E-state index < -0.39 is 30.3 Å². The maximum Gasteiger partial charge on any atom is 0.275 e. The summed E-state index contributed by atoms with van der Waals surface area (Å²) in [7, 11) is 0. The highest BCUT2D eigenvalue weighted by Crippen LogP contribution is 2.31. The van der Waals surface area contributed by atoms with Crippen molar-refractivity contribution < 1.29 is 18.3 Å². The Kier molecular flexibility index (Phi) is 2.93. The molecule has 0 fully saturated rings. The van der Waals surface area contributed by atoms with Gasteiger partial charge in [-0.1, -0.05) is 12.1 Å². The maximum atomic E-state index is 13.0. The quantitative estimate of drug-likeness (QED) is 0.775. The van der Waals surface area contributed by atoms with Crippen molar-refractivity contribution in [2.75, 3.05) is 6.61 Å². The largest absolute Gasteiger partial charge is 0.396 e. The van der Waals surface area contributed by atoms with E-state index in [2.05, 4.69) is 0 Å². The van der Waals surface area contributed by atoms with E-state index in [0.29, 0.717) is 0 Å². The van der Waals surface area contributed by atoms with Crippen LogP contribution in [-0.2, 0) is 5.92 Å². The molecule has 1 aromatic rings. The Balaban J connectivity index is 2.93. The molecule has 0 radical (unpaired) electrons. The molecule has 0 saturated heterocycles. The zero-order valence-electron chi connectivity index (χ0n) is 6.80. The Morgan fingerprint density at radius 1 is 1.31 bits per heavy atom. The molecule has 0 aliphatic heterocycles. The van der Waals surface area contributed by atoms with Crippen LogP contribution in [0, 0.1) is 5.82 Å². The highest BCUT2D eigenvalue weighted by molar-refractivity contribution is 5.21. The molecule has 4 heteroatoms. The zero-order chi connectivity index (χ0) is 9.90. The van der Waals surface area contributed by atoms with Crippen molar-refractivity contribution in [3.63, 3.8) is 0 Å². The molecule has 1 N–H and O–H groups in total. The number of hydrogen-bond donors (Lipinski definition) is 1. The van der Waals surface area contributed by atoms with Crippen molar-refractivity contribution in [1.29, 1.82) is 0 Å². The molecule has 13 heavy (non-hydrogen) atoms. The van der Waals surface area contributed by atoms with Crippen LogP contribution >= 0.6 is 0 Å². The molecule has 0 aliphatic carbocycles. The number of halogens is 3. The molecule has 1 nitrogen and oxygen atoms in total. The SMILES string of the molecule is OCCC(F)(F)c1cccc(F)c1. The van der Waals surface area contributed by atoms with Gasteiger partial charge in [-0.05, 0) is 12.1 Å². The van der Waals surface area contributed by atoms with Crippen molar-refractivity contribution in [2.45, 2.75) is 12.3 Å². The minimum Gasteiger partial charge on any atom is -0.396 e. The van der Waals surface area contributed by atoms with Gasteiger partial charge in [-0.25, -0.2) is 13.2 Å². The van der Waals surface area contributed by atoms with Gasteiger partial charge < -0.3 is 5.11 Å². The Morgan fingerprint density at radius 2 is 2.00 bits per heavy atom. The molecular formula is C9H9F3O. The predicted octanol–water partition coefficient (Wildman–Crippen LogP) is 2.30. The van der Waals surface area contributed by atoms with Crippen molar-refractivity contribution in [1.82, 2.24) is 0 Å². The van der Waals surface area contributed by atoms with Crippen molar-refractivity contribution in [3.05, 3.63) is 35.6 Å². The summed E-state index contributed by atoms with van der Waals surface area (Å²) >= 11 is 0. The van der Waals surface area contributed by atoms with Gasteiger partial charge in [0.2, 0.25) is 0 Å². The first kappa shape index (κ1) is 10.1. The molecule has 1 rings (SSSR count). The number of benzene rings is 1. The van der Waals surface area contributed by atoms with Crippen molar-refractivity contribution >= 4 is 0 Å². The lowest BCUT2D eigenvalue weighted by molar-refractivity contribution is -0.0272. The lowest BCUT2D eigenvalue weighted by Crippen LogP contribution is -2.15. The molecule has 0 heterocycles. The van der Waals surface area contributed by atoms with E-state index in [1.54, 1.807) is 0 Å². The highest BCUT2D eigenvalue weighted by atomic mass is 19.3. The molecule has 0 aliphatic rings. The first-order chi connectivity index (χ1) is 6.06. The average Bonchev–Trinajstić information content (AvgIpc) is 2.04. The number of aliphatic hydroxyl groups excluding tert-OH is 1.